The molecule has 0 saturated heterocycles. The second-order valence-corrected chi connectivity index (χ2v) is 7.81. The first-order valence-electron chi connectivity index (χ1n) is 9.07. The lowest BCUT2D eigenvalue weighted by Gasteiger charge is -2.29. The summed E-state index contributed by atoms with van der Waals surface area (Å²) in [5.74, 6) is -0.400. The molecule has 0 bridgehead atoms. The molecule has 0 radical (unpaired) electrons. The standard InChI is InChI=1S/C21H23Cl3N2O2/c1-3-9-25-21(28)14(2)26(13-15-5-4-6-17(22)10-15)20(27)11-16-7-8-18(23)12-19(16)24/h4-8,10,12,14H,3,9,11,13H2,1-2H3,(H,25,28)/t14-/m1/s1. The Morgan fingerprint density at radius 3 is 2.43 bits per heavy atom. The van der Waals surface area contributed by atoms with Crippen LogP contribution in [0.5, 0.6) is 0 Å². The van der Waals surface area contributed by atoms with Gasteiger partial charge in [-0.1, -0.05) is 59.9 Å². The fourth-order valence-corrected chi connectivity index (χ4v) is 3.43. The zero-order chi connectivity index (χ0) is 20.7. The first kappa shape index (κ1) is 22.5. The van der Waals surface area contributed by atoms with Gasteiger partial charge in [-0.3, -0.25) is 9.59 Å². The summed E-state index contributed by atoms with van der Waals surface area (Å²) >= 11 is 18.2. The van der Waals surface area contributed by atoms with Crippen LogP contribution in [0.1, 0.15) is 31.4 Å². The highest BCUT2D eigenvalue weighted by Crippen LogP contribution is 2.23. The first-order chi connectivity index (χ1) is 13.3. The Morgan fingerprint density at radius 2 is 1.79 bits per heavy atom. The number of amides is 2. The minimum Gasteiger partial charge on any atom is -0.354 e. The van der Waals surface area contributed by atoms with E-state index >= 15 is 0 Å². The predicted molar refractivity (Wildman–Crippen MR) is 115 cm³/mol. The fourth-order valence-electron chi connectivity index (χ4n) is 2.74. The summed E-state index contributed by atoms with van der Waals surface area (Å²) in [6.45, 7) is 4.52. The molecule has 7 heteroatoms. The topological polar surface area (TPSA) is 49.4 Å². The zero-order valence-electron chi connectivity index (χ0n) is 15.8. The summed E-state index contributed by atoms with van der Waals surface area (Å²) < 4.78 is 0. The average Bonchev–Trinajstić information content (AvgIpc) is 2.65. The third kappa shape index (κ3) is 6.40. The van der Waals surface area contributed by atoms with Gasteiger partial charge in [-0.2, -0.15) is 0 Å². The van der Waals surface area contributed by atoms with Crippen LogP contribution in [-0.2, 0) is 22.6 Å². The van der Waals surface area contributed by atoms with Crippen LogP contribution in [0, 0.1) is 0 Å². The van der Waals surface area contributed by atoms with Gasteiger partial charge in [0.2, 0.25) is 11.8 Å². The van der Waals surface area contributed by atoms with Gasteiger partial charge in [0.05, 0.1) is 6.42 Å². The molecule has 0 aliphatic rings. The highest BCUT2D eigenvalue weighted by molar-refractivity contribution is 6.35. The van der Waals surface area contributed by atoms with Crippen LogP contribution in [0.2, 0.25) is 15.1 Å². The van der Waals surface area contributed by atoms with Gasteiger partial charge in [-0.05, 0) is 48.7 Å². The maximum atomic E-state index is 13.1. The summed E-state index contributed by atoms with van der Waals surface area (Å²) in [7, 11) is 0. The van der Waals surface area contributed by atoms with E-state index in [0.29, 0.717) is 27.2 Å². The van der Waals surface area contributed by atoms with E-state index in [4.69, 9.17) is 34.8 Å². The Bertz CT molecular complexity index is 842. The molecule has 28 heavy (non-hydrogen) atoms. The Hall–Kier alpha value is -1.75. The van der Waals surface area contributed by atoms with Crippen LogP contribution in [0.3, 0.4) is 0 Å². The number of nitrogens with zero attached hydrogens (tertiary/aromatic N) is 1. The van der Waals surface area contributed by atoms with Crippen LogP contribution < -0.4 is 5.32 Å². The summed E-state index contributed by atoms with van der Waals surface area (Å²) in [5.41, 5.74) is 1.51. The van der Waals surface area contributed by atoms with Crippen LogP contribution >= 0.6 is 34.8 Å². The molecule has 1 N–H and O–H groups in total. The van der Waals surface area contributed by atoms with Gasteiger partial charge in [0, 0.05) is 28.2 Å². The van der Waals surface area contributed by atoms with E-state index in [1.165, 1.54) is 0 Å². The quantitative estimate of drug-likeness (QED) is 0.617. The SMILES string of the molecule is CCCNC(=O)[C@@H](C)N(Cc1cccc(Cl)c1)C(=O)Cc1ccc(Cl)cc1Cl. The van der Waals surface area contributed by atoms with E-state index in [0.717, 1.165) is 12.0 Å². The van der Waals surface area contributed by atoms with Crippen LogP contribution in [0.4, 0.5) is 0 Å². The second-order valence-electron chi connectivity index (χ2n) is 6.53. The van der Waals surface area contributed by atoms with Crippen LogP contribution in [-0.4, -0.2) is 29.3 Å². The number of hydrogen-bond acceptors (Lipinski definition) is 2. The molecule has 4 nitrogen and oxygen atoms in total. The van der Waals surface area contributed by atoms with Crippen molar-refractivity contribution >= 4 is 46.6 Å². The third-order valence-corrected chi connectivity index (χ3v) is 5.14. The molecule has 0 fully saturated rings. The van der Waals surface area contributed by atoms with E-state index in [-0.39, 0.29) is 24.8 Å². The average molecular weight is 442 g/mol. The molecule has 0 aliphatic carbocycles. The monoisotopic (exact) mass is 440 g/mol. The van der Waals surface area contributed by atoms with E-state index in [1.54, 1.807) is 42.2 Å². The van der Waals surface area contributed by atoms with Crippen molar-refractivity contribution in [1.82, 2.24) is 10.2 Å². The lowest BCUT2D eigenvalue weighted by atomic mass is 10.1. The van der Waals surface area contributed by atoms with Crippen LogP contribution in [0.25, 0.3) is 0 Å². The van der Waals surface area contributed by atoms with E-state index < -0.39 is 6.04 Å². The fraction of sp³-hybridized carbons (Fsp3) is 0.333. The summed E-state index contributed by atoms with van der Waals surface area (Å²) in [5, 5.41) is 4.35. The molecule has 0 aromatic heterocycles. The van der Waals surface area contributed by atoms with Gasteiger partial charge in [0.15, 0.2) is 0 Å². The summed E-state index contributed by atoms with van der Waals surface area (Å²) in [6, 6.07) is 11.6. The van der Waals surface area contributed by atoms with Gasteiger partial charge < -0.3 is 10.2 Å². The molecule has 0 heterocycles. The van der Waals surface area contributed by atoms with Crippen molar-refractivity contribution in [3.63, 3.8) is 0 Å². The molecule has 1 atom stereocenters. The molecule has 2 aromatic rings. The Kier molecular flexibility index (Phi) is 8.61. The van der Waals surface area contributed by atoms with Gasteiger partial charge in [0.1, 0.15) is 6.04 Å². The number of carbonyl (C=O) groups excluding carboxylic acids is 2. The molecule has 0 unspecified atom stereocenters. The first-order valence-corrected chi connectivity index (χ1v) is 10.2. The Balaban J connectivity index is 2.25. The van der Waals surface area contributed by atoms with E-state index in [2.05, 4.69) is 5.32 Å². The number of nitrogens with one attached hydrogen (secondary N) is 1. The highest BCUT2D eigenvalue weighted by atomic mass is 35.5. The number of carbonyl (C=O) groups is 2. The molecule has 0 spiro atoms. The largest absolute Gasteiger partial charge is 0.354 e. The minimum absolute atomic E-state index is 0.0714. The lowest BCUT2D eigenvalue weighted by Crippen LogP contribution is -2.48. The van der Waals surface area contributed by atoms with Crippen molar-refractivity contribution < 1.29 is 9.59 Å². The molecule has 0 aliphatic heterocycles. The van der Waals surface area contributed by atoms with Crippen molar-refractivity contribution in [2.45, 2.75) is 39.3 Å². The van der Waals surface area contributed by atoms with Crippen molar-refractivity contribution in [3.8, 4) is 0 Å². The van der Waals surface area contributed by atoms with Crippen molar-refractivity contribution in [1.29, 1.82) is 0 Å². The second kappa shape index (κ2) is 10.7. The molecule has 0 saturated carbocycles. The summed E-state index contributed by atoms with van der Waals surface area (Å²) in [6.07, 6.45) is 0.892. The predicted octanol–water partition coefficient (Wildman–Crippen LogP) is 5.13. The molecular weight excluding hydrogens is 419 g/mol. The maximum absolute atomic E-state index is 13.1. The Labute approximate surface area is 180 Å². The molecule has 2 rings (SSSR count). The maximum Gasteiger partial charge on any atom is 0.242 e. The number of rotatable bonds is 8. The zero-order valence-corrected chi connectivity index (χ0v) is 18.1. The van der Waals surface area contributed by atoms with Crippen molar-refractivity contribution in [3.05, 3.63) is 68.7 Å². The third-order valence-electron chi connectivity index (χ3n) is 4.32. The molecule has 2 aromatic carbocycles. The highest BCUT2D eigenvalue weighted by Gasteiger charge is 2.26. The van der Waals surface area contributed by atoms with Crippen molar-refractivity contribution in [2.24, 2.45) is 0 Å². The number of benzene rings is 2. The smallest absolute Gasteiger partial charge is 0.242 e. The number of hydrogen-bond donors (Lipinski definition) is 1. The molecular formula is C21H23Cl3N2O2. The van der Waals surface area contributed by atoms with E-state index in [1.807, 2.05) is 19.1 Å². The Morgan fingerprint density at radius 1 is 1.07 bits per heavy atom. The summed E-state index contributed by atoms with van der Waals surface area (Å²) in [4.78, 5) is 27.1. The molecule has 2 amide bonds. The van der Waals surface area contributed by atoms with Crippen LogP contribution in [0.15, 0.2) is 42.5 Å². The van der Waals surface area contributed by atoms with Gasteiger partial charge >= 0.3 is 0 Å². The van der Waals surface area contributed by atoms with Gasteiger partial charge in [-0.15, -0.1) is 0 Å². The normalized spacial score (nSPS) is 11.8. The molecule has 150 valence electrons. The van der Waals surface area contributed by atoms with Gasteiger partial charge in [-0.25, -0.2) is 0 Å². The van der Waals surface area contributed by atoms with Crippen molar-refractivity contribution in [2.75, 3.05) is 6.54 Å². The minimum atomic E-state index is -0.635. The van der Waals surface area contributed by atoms with Gasteiger partial charge in [0.25, 0.3) is 0 Å². The number of halogens is 3. The van der Waals surface area contributed by atoms with E-state index in [9.17, 15) is 9.59 Å². The lowest BCUT2D eigenvalue weighted by molar-refractivity contribution is -0.140.